The van der Waals surface area contributed by atoms with Crippen molar-refractivity contribution in [1.29, 1.82) is 0 Å². The summed E-state index contributed by atoms with van der Waals surface area (Å²) in [4.78, 5) is 15.1. The minimum absolute atomic E-state index is 0.00773. The fourth-order valence-corrected chi connectivity index (χ4v) is 2.19. The van der Waals surface area contributed by atoms with Gasteiger partial charge in [-0.25, -0.2) is 0 Å². The fraction of sp³-hybridized carbons (Fsp3) is 0.308. The second kappa shape index (κ2) is 5.60. The van der Waals surface area contributed by atoms with Crippen molar-refractivity contribution in [2.75, 3.05) is 13.2 Å². The number of aromatic amines is 1. The molecule has 18 heavy (non-hydrogen) atoms. The molecule has 0 unspecified atom stereocenters. The van der Waals surface area contributed by atoms with Crippen molar-refractivity contribution in [3.63, 3.8) is 0 Å². The van der Waals surface area contributed by atoms with Crippen LogP contribution in [0.25, 0.3) is 10.9 Å². The molecule has 0 amide bonds. The highest BCUT2D eigenvalue weighted by Gasteiger charge is 2.10. The van der Waals surface area contributed by atoms with Gasteiger partial charge in [0.1, 0.15) is 0 Å². The number of benzene rings is 1. The third-order valence-corrected chi connectivity index (χ3v) is 3.30. The molecule has 0 aliphatic rings. The number of hydrogen-bond acceptors (Lipinski definition) is 3. The average Bonchev–Trinajstić information content (AvgIpc) is 2.36. The number of aromatic nitrogens is 1. The van der Waals surface area contributed by atoms with Crippen molar-refractivity contribution in [3.05, 3.63) is 32.1 Å². The van der Waals surface area contributed by atoms with E-state index in [4.69, 9.17) is 9.47 Å². The first kappa shape index (κ1) is 13.2. The Balaban J connectivity index is 2.68. The van der Waals surface area contributed by atoms with E-state index in [9.17, 15) is 4.79 Å². The van der Waals surface area contributed by atoms with Crippen molar-refractivity contribution in [2.24, 2.45) is 0 Å². The maximum absolute atomic E-state index is 12.0. The highest BCUT2D eigenvalue weighted by atomic mass is 127. The molecule has 0 bridgehead atoms. The maximum atomic E-state index is 12.0. The second-order valence-electron chi connectivity index (χ2n) is 3.68. The fourth-order valence-electron chi connectivity index (χ4n) is 1.74. The average molecular weight is 359 g/mol. The van der Waals surface area contributed by atoms with Gasteiger partial charge in [0.2, 0.25) is 5.43 Å². The largest absolute Gasteiger partial charge is 0.490 e. The zero-order chi connectivity index (χ0) is 13.1. The van der Waals surface area contributed by atoms with Gasteiger partial charge in [0.15, 0.2) is 11.5 Å². The molecular formula is C13H14INO3. The van der Waals surface area contributed by atoms with Gasteiger partial charge >= 0.3 is 0 Å². The molecule has 2 rings (SSSR count). The first-order valence-corrected chi connectivity index (χ1v) is 6.85. The van der Waals surface area contributed by atoms with E-state index in [0.29, 0.717) is 33.7 Å². The van der Waals surface area contributed by atoms with Gasteiger partial charge in [-0.3, -0.25) is 4.79 Å². The lowest BCUT2D eigenvalue weighted by atomic mass is 10.2. The summed E-state index contributed by atoms with van der Waals surface area (Å²) in [6.45, 7) is 4.91. The van der Waals surface area contributed by atoms with Crippen molar-refractivity contribution >= 4 is 33.5 Å². The van der Waals surface area contributed by atoms with E-state index in [1.165, 1.54) is 0 Å². The van der Waals surface area contributed by atoms with E-state index in [0.717, 1.165) is 5.52 Å². The van der Waals surface area contributed by atoms with Crippen LogP contribution in [0.1, 0.15) is 13.8 Å². The van der Waals surface area contributed by atoms with Crippen molar-refractivity contribution in [3.8, 4) is 11.5 Å². The van der Waals surface area contributed by atoms with E-state index < -0.39 is 0 Å². The molecule has 2 aromatic rings. The topological polar surface area (TPSA) is 51.3 Å². The van der Waals surface area contributed by atoms with Crippen LogP contribution in [0.15, 0.2) is 23.1 Å². The zero-order valence-corrected chi connectivity index (χ0v) is 12.4. The highest BCUT2D eigenvalue weighted by Crippen LogP contribution is 2.31. The molecule has 0 radical (unpaired) electrons. The predicted molar refractivity (Wildman–Crippen MR) is 79.6 cm³/mol. The number of hydrogen-bond donors (Lipinski definition) is 1. The van der Waals surface area contributed by atoms with E-state index in [1.54, 1.807) is 18.3 Å². The lowest BCUT2D eigenvalue weighted by Gasteiger charge is -2.12. The molecule has 1 heterocycles. The van der Waals surface area contributed by atoms with Gasteiger partial charge in [-0.2, -0.15) is 0 Å². The van der Waals surface area contributed by atoms with Gasteiger partial charge in [-0.05, 0) is 42.5 Å². The standard InChI is InChI=1S/C13H14INO3/c1-3-17-11-5-8-10(6-12(11)18-4-2)15-7-9(14)13(8)16/h5-7H,3-4H2,1-2H3,(H,15,16). The second-order valence-corrected chi connectivity index (χ2v) is 4.84. The maximum Gasteiger partial charge on any atom is 0.202 e. The van der Waals surface area contributed by atoms with Gasteiger partial charge < -0.3 is 14.5 Å². The van der Waals surface area contributed by atoms with Crippen molar-refractivity contribution in [2.45, 2.75) is 13.8 Å². The van der Waals surface area contributed by atoms with Gasteiger partial charge in [-0.1, -0.05) is 0 Å². The summed E-state index contributed by atoms with van der Waals surface area (Å²) < 4.78 is 11.7. The number of H-pyrrole nitrogens is 1. The zero-order valence-electron chi connectivity index (χ0n) is 10.2. The summed E-state index contributed by atoms with van der Waals surface area (Å²) in [5.41, 5.74) is 0.765. The van der Waals surface area contributed by atoms with E-state index in [2.05, 4.69) is 4.98 Å². The number of halogens is 1. The predicted octanol–water partition coefficient (Wildman–Crippen LogP) is 2.93. The van der Waals surface area contributed by atoms with Crippen LogP contribution < -0.4 is 14.9 Å². The van der Waals surface area contributed by atoms with Crippen LogP contribution in [0, 0.1) is 3.57 Å². The first-order chi connectivity index (χ1) is 8.67. The Morgan fingerprint density at radius 3 is 2.39 bits per heavy atom. The summed E-state index contributed by atoms with van der Waals surface area (Å²) in [6, 6.07) is 3.55. The normalized spacial score (nSPS) is 10.6. The lowest BCUT2D eigenvalue weighted by Crippen LogP contribution is -2.07. The van der Waals surface area contributed by atoms with Crippen LogP contribution in [-0.4, -0.2) is 18.2 Å². The Kier molecular flexibility index (Phi) is 4.11. The van der Waals surface area contributed by atoms with Crippen LogP contribution in [-0.2, 0) is 0 Å². The summed E-state index contributed by atoms with van der Waals surface area (Å²) in [5.74, 6) is 1.27. The molecule has 0 spiro atoms. The monoisotopic (exact) mass is 359 g/mol. The van der Waals surface area contributed by atoms with Crippen LogP contribution in [0.2, 0.25) is 0 Å². The molecule has 0 aliphatic heterocycles. The first-order valence-electron chi connectivity index (χ1n) is 5.77. The Labute approximate surface area is 118 Å². The minimum atomic E-state index is 0.00773. The summed E-state index contributed by atoms with van der Waals surface area (Å²) in [7, 11) is 0. The Hall–Kier alpha value is -1.24. The van der Waals surface area contributed by atoms with Gasteiger partial charge in [-0.15, -0.1) is 0 Å². The number of fused-ring (bicyclic) bond motifs is 1. The molecule has 1 N–H and O–H groups in total. The number of pyridine rings is 1. The third kappa shape index (κ3) is 2.45. The Morgan fingerprint density at radius 2 is 1.78 bits per heavy atom. The van der Waals surface area contributed by atoms with E-state index >= 15 is 0 Å². The van der Waals surface area contributed by atoms with Crippen molar-refractivity contribution < 1.29 is 9.47 Å². The minimum Gasteiger partial charge on any atom is -0.490 e. The van der Waals surface area contributed by atoms with E-state index in [1.807, 2.05) is 36.4 Å². The Bertz CT molecular complexity index is 621. The third-order valence-electron chi connectivity index (χ3n) is 2.50. The van der Waals surface area contributed by atoms with Gasteiger partial charge in [0, 0.05) is 12.3 Å². The SMILES string of the molecule is CCOc1cc2[nH]cc(I)c(=O)c2cc1OCC. The molecule has 1 aromatic heterocycles. The molecule has 0 saturated carbocycles. The summed E-state index contributed by atoms with van der Waals surface area (Å²) >= 11 is 2.02. The van der Waals surface area contributed by atoms with Crippen molar-refractivity contribution in [1.82, 2.24) is 4.98 Å². The summed E-state index contributed by atoms with van der Waals surface area (Å²) in [6.07, 6.45) is 1.70. The Morgan fingerprint density at radius 1 is 1.17 bits per heavy atom. The van der Waals surface area contributed by atoms with Crippen LogP contribution >= 0.6 is 22.6 Å². The molecule has 5 heteroatoms. The highest BCUT2D eigenvalue weighted by molar-refractivity contribution is 14.1. The number of ether oxygens (including phenoxy) is 2. The van der Waals surface area contributed by atoms with Crippen LogP contribution in [0.5, 0.6) is 11.5 Å². The van der Waals surface area contributed by atoms with E-state index in [-0.39, 0.29) is 5.43 Å². The molecule has 96 valence electrons. The molecule has 0 fully saturated rings. The molecular weight excluding hydrogens is 345 g/mol. The van der Waals surface area contributed by atoms with Gasteiger partial charge in [0.25, 0.3) is 0 Å². The molecule has 0 atom stereocenters. The number of nitrogens with one attached hydrogen (secondary N) is 1. The van der Waals surface area contributed by atoms with Crippen LogP contribution in [0.4, 0.5) is 0 Å². The summed E-state index contributed by atoms with van der Waals surface area (Å²) in [5, 5.41) is 0.619. The smallest absolute Gasteiger partial charge is 0.202 e. The van der Waals surface area contributed by atoms with Crippen LogP contribution in [0.3, 0.4) is 0 Å². The molecule has 4 nitrogen and oxygen atoms in total. The quantitative estimate of drug-likeness (QED) is 0.855. The van der Waals surface area contributed by atoms with Gasteiger partial charge in [0.05, 0.1) is 27.7 Å². The molecule has 1 aromatic carbocycles. The molecule has 0 aliphatic carbocycles. The lowest BCUT2D eigenvalue weighted by molar-refractivity contribution is 0.288. The number of rotatable bonds is 4. The molecule has 0 saturated heterocycles.